The molecule has 2 rings (SSSR count). The van der Waals surface area contributed by atoms with Crippen LogP contribution in [0.25, 0.3) is 0 Å². The highest BCUT2D eigenvalue weighted by atomic mass is 35.5. The minimum atomic E-state index is -0.350. The second-order valence-corrected chi connectivity index (χ2v) is 5.11. The number of anilines is 1. The van der Waals surface area contributed by atoms with Crippen molar-refractivity contribution in [3.63, 3.8) is 0 Å². The first kappa shape index (κ1) is 12.7. The predicted molar refractivity (Wildman–Crippen MR) is 70.3 cm³/mol. The monoisotopic (exact) mass is 256 g/mol. The Bertz CT molecular complexity index is 384. The minimum Gasteiger partial charge on any atom is -0.371 e. The standard InChI is InChI=1S/C13H18ClFN2/c1-10-8-16-5-2-6-17(9-10)11-3-4-13(15)12(14)7-11/h3-4,7,10,16H,2,5-6,8-9H2,1H3. The van der Waals surface area contributed by atoms with Gasteiger partial charge in [-0.2, -0.15) is 0 Å². The summed E-state index contributed by atoms with van der Waals surface area (Å²) in [5.74, 6) is 0.233. The Hall–Kier alpha value is -0.800. The van der Waals surface area contributed by atoms with Crippen LogP contribution < -0.4 is 10.2 Å². The van der Waals surface area contributed by atoms with Crippen LogP contribution >= 0.6 is 11.6 Å². The largest absolute Gasteiger partial charge is 0.371 e. The van der Waals surface area contributed by atoms with Crippen molar-refractivity contribution in [2.45, 2.75) is 13.3 Å². The molecule has 1 N–H and O–H groups in total. The summed E-state index contributed by atoms with van der Waals surface area (Å²) in [6, 6.07) is 4.97. The van der Waals surface area contributed by atoms with Crippen LogP contribution in [0.15, 0.2) is 18.2 Å². The fourth-order valence-electron chi connectivity index (χ4n) is 2.19. The maximum absolute atomic E-state index is 13.1. The van der Waals surface area contributed by atoms with Gasteiger partial charge in [0.1, 0.15) is 5.82 Å². The van der Waals surface area contributed by atoms with Gasteiger partial charge in [0.15, 0.2) is 0 Å². The van der Waals surface area contributed by atoms with E-state index in [4.69, 9.17) is 11.6 Å². The Balaban J connectivity index is 2.15. The van der Waals surface area contributed by atoms with E-state index in [1.807, 2.05) is 6.07 Å². The second-order valence-electron chi connectivity index (χ2n) is 4.71. The average Bonchev–Trinajstić information content (AvgIpc) is 2.27. The molecule has 2 nitrogen and oxygen atoms in total. The molecule has 1 unspecified atom stereocenters. The molecular weight excluding hydrogens is 239 g/mol. The first-order chi connectivity index (χ1) is 8.16. The average molecular weight is 257 g/mol. The number of nitrogens with zero attached hydrogens (tertiary/aromatic N) is 1. The predicted octanol–water partition coefficient (Wildman–Crippen LogP) is 2.91. The van der Waals surface area contributed by atoms with Crippen molar-refractivity contribution in [1.29, 1.82) is 0 Å². The van der Waals surface area contributed by atoms with Crippen LogP contribution in [0.3, 0.4) is 0 Å². The van der Waals surface area contributed by atoms with E-state index in [1.54, 1.807) is 6.07 Å². The van der Waals surface area contributed by atoms with Crippen molar-refractivity contribution in [3.05, 3.63) is 29.0 Å². The molecule has 1 fully saturated rings. The molecular formula is C13H18ClFN2. The highest BCUT2D eigenvalue weighted by Gasteiger charge is 2.14. The molecule has 1 aromatic carbocycles. The molecule has 0 aromatic heterocycles. The Kier molecular flexibility index (Phi) is 4.24. The molecule has 0 amide bonds. The summed E-state index contributed by atoms with van der Waals surface area (Å²) < 4.78 is 13.1. The molecule has 1 heterocycles. The van der Waals surface area contributed by atoms with Gasteiger partial charge < -0.3 is 10.2 Å². The van der Waals surface area contributed by atoms with Crippen LogP contribution in [-0.2, 0) is 0 Å². The lowest BCUT2D eigenvalue weighted by Crippen LogP contribution is -2.38. The molecule has 1 atom stereocenters. The lowest BCUT2D eigenvalue weighted by atomic mass is 10.1. The van der Waals surface area contributed by atoms with Gasteiger partial charge in [0.05, 0.1) is 5.02 Å². The molecule has 0 saturated carbocycles. The van der Waals surface area contributed by atoms with Crippen molar-refractivity contribution in [2.75, 3.05) is 31.1 Å². The molecule has 0 spiro atoms. The number of benzene rings is 1. The number of hydrogen-bond donors (Lipinski definition) is 1. The van der Waals surface area contributed by atoms with E-state index < -0.39 is 0 Å². The van der Waals surface area contributed by atoms with Gasteiger partial charge in [0.2, 0.25) is 0 Å². The van der Waals surface area contributed by atoms with Gasteiger partial charge >= 0.3 is 0 Å². The number of nitrogens with one attached hydrogen (secondary N) is 1. The third kappa shape index (κ3) is 3.33. The van der Waals surface area contributed by atoms with Crippen LogP contribution in [0.4, 0.5) is 10.1 Å². The molecule has 1 aliphatic rings. The molecule has 17 heavy (non-hydrogen) atoms. The highest BCUT2D eigenvalue weighted by molar-refractivity contribution is 6.31. The maximum atomic E-state index is 13.1. The van der Waals surface area contributed by atoms with Crippen molar-refractivity contribution in [2.24, 2.45) is 5.92 Å². The van der Waals surface area contributed by atoms with Crippen LogP contribution in [-0.4, -0.2) is 26.2 Å². The molecule has 1 aliphatic heterocycles. The molecule has 4 heteroatoms. The lowest BCUT2D eigenvalue weighted by Gasteiger charge is -2.30. The van der Waals surface area contributed by atoms with Gasteiger partial charge in [-0.3, -0.25) is 0 Å². The van der Waals surface area contributed by atoms with Crippen molar-refractivity contribution in [1.82, 2.24) is 5.32 Å². The first-order valence-corrected chi connectivity index (χ1v) is 6.45. The summed E-state index contributed by atoms with van der Waals surface area (Å²) in [4.78, 5) is 2.29. The fraction of sp³-hybridized carbons (Fsp3) is 0.538. The highest BCUT2D eigenvalue weighted by Crippen LogP contribution is 2.23. The third-order valence-corrected chi connectivity index (χ3v) is 3.36. The van der Waals surface area contributed by atoms with Crippen LogP contribution in [0.1, 0.15) is 13.3 Å². The van der Waals surface area contributed by atoms with E-state index in [1.165, 1.54) is 6.07 Å². The molecule has 0 radical (unpaired) electrons. The zero-order valence-corrected chi connectivity index (χ0v) is 10.8. The van der Waals surface area contributed by atoms with E-state index in [-0.39, 0.29) is 10.8 Å². The topological polar surface area (TPSA) is 15.3 Å². The van der Waals surface area contributed by atoms with Crippen molar-refractivity contribution in [3.8, 4) is 0 Å². The number of hydrogen-bond acceptors (Lipinski definition) is 2. The number of rotatable bonds is 1. The summed E-state index contributed by atoms with van der Waals surface area (Å²) in [5, 5.41) is 3.62. The number of halogens is 2. The Morgan fingerprint density at radius 2 is 2.29 bits per heavy atom. The zero-order chi connectivity index (χ0) is 12.3. The van der Waals surface area contributed by atoms with E-state index in [2.05, 4.69) is 17.1 Å². The summed E-state index contributed by atoms with van der Waals surface area (Å²) >= 11 is 5.83. The van der Waals surface area contributed by atoms with Gasteiger partial charge in [-0.1, -0.05) is 18.5 Å². The quantitative estimate of drug-likeness (QED) is 0.831. The van der Waals surface area contributed by atoms with E-state index in [9.17, 15) is 4.39 Å². The SMILES string of the molecule is CC1CNCCCN(c2ccc(F)c(Cl)c2)C1. The Morgan fingerprint density at radius 3 is 3.06 bits per heavy atom. The van der Waals surface area contributed by atoms with Crippen LogP contribution in [0, 0.1) is 11.7 Å². The van der Waals surface area contributed by atoms with Crippen molar-refractivity contribution < 1.29 is 4.39 Å². The molecule has 94 valence electrons. The summed E-state index contributed by atoms with van der Waals surface area (Å²) in [6.45, 7) is 6.26. The van der Waals surface area contributed by atoms with Gasteiger partial charge in [0, 0.05) is 18.8 Å². The van der Waals surface area contributed by atoms with Gasteiger partial charge in [-0.25, -0.2) is 4.39 Å². The maximum Gasteiger partial charge on any atom is 0.141 e. The first-order valence-electron chi connectivity index (χ1n) is 6.07. The van der Waals surface area contributed by atoms with Gasteiger partial charge in [-0.05, 0) is 43.6 Å². The summed E-state index contributed by atoms with van der Waals surface area (Å²) in [5.41, 5.74) is 1.02. The zero-order valence-electron chi connectivity index (χ0n) is 10.0. The normalized spacial score (nSPS) is 22.1. The summed E-state index contributed by atoms with van der Waals surface area (Å²) in [6.07, 6.45) is 1.10. The molecule has 0 aliphatic carbocycles. The third-order valence-electron chi connectivity index (χ3n) is 3.07. The van der Waals surface area contributed by atoms with E-state index >= 15 is 0 Å². The van der Waals surface area contributed by atoms with Crippen LogP contribution in [0.2, 0.25) is 5.02 Å². The molecule has 1 saturated heterocycles. The second kappa shape index (κ2) is 5.69. The smallest absolute Gasteiger partial charge is 0.141 e. The Labute approximate surface area is 107 Å². The molecule has 0 bridgehead atoms. The van der Waals surface area contributed by atoms with Gasteiger partial charge in [0.25, 0.3) is 0 Å². The summed E-state index contributed by atoms with van der Waals surface area (Å²) in [7, 11) is 0. The van der Waals surface area contributed by atoms with E-state index in [0.29, 0.717) is 5.92 Å². The lowest BCUT2D eigenvalue weighted by molar-refractivity contribution is 0.468. The van der Waals surface area contributed by atoms with Crippen molar-refractivity contribution >= 4 is 17.3 Å². The fourth-order valence-corrected chi connectivity index (χ4v) is 2.37. The Morgan fingerprint density at radius 1 is 1.47 bits per heavy atom. The molecule has 1 aromatic rings. The van der Waals surface area contributed by atoms with E-state index in [0.717, 1.165) is 38.3 Å². The minimum absolute atomic E-state index is 0.204. The van der Waals surface area contributed by atoms with Crippen LogP contribution in [0.5, 0.6) is 0 Å². The van der Waals surface area contributed by atoms with Gasteiger partial charge in [-0.15, -0.1) is 0 Å².